The van der Waals surface area contributed by atoms with E-state index in [-0.39, 0.29) is 4.90 Å². The minimum Gasteiger partial charge on any atom is -0.351 e. The summed E-state index contributed by atoms with van der Waals surface area (Å²) in [6.45, 7) is 11.6. The number of benzene rings is 1. The largest absolute Gasteiger partial charge is 0.679 e. The van der Waals surface area contributed by atoms with E-state index in [1.807, 2.05) is 34.6 Å². The molecule has 9 heteroatoms. The molecule has 7 nitrogen and oxygen atoms in total. The van der Waals surface area contributed by atoms with Gasteiger partial charge in [0.1, 0.15) is 0 Å². The van der Waals surface area contributed by atoms with Gasteiger partial charge >= 0.3 is 9.05 Å². The van der Waals surface area contributed by atoms with Gasteiger partial charge in [0.25, 0.3) is 10.1 Å². The van der Waals surface area contributed by atoms with Crippen LogP contribution in [0.25, 0.3) is 0 Å². The van der Waals surface area contributed by atoms with Crippen molar-refractivity contribution in [3.8, 4) is 0 Å². The van der Waals surface area contributed by atoms with E-state index >= 15 is 0 Å². The molecule has 0 amide bonds. The van der Waals surface area contributed by atoms with Crippen LogP contribution in [0.4, 0.5) is 0 Å². The van der Waals surface area contributed by atoms with Crippen LogP contribution in [0.3, 0.4) is 0 Å². The minimum atomic E-state index is -4.02. The average Bonchev–Trinajstić information content (AvgIpc) is 2.48. The lowest BCUT2D eigenvalue weighted by Crippen LogP contribution is -2.49. The van der Waals surface area contributed by atoms with Gasteiger partial charge < -0.3 is 17.7 Å². The second-order valence-corrected chi connectivity index (χ2v) is 8.10. The maximum absolute atomic E-state index is 10.5. The summed E-state index contributed by atoms with van der Waals surface area (Å²) in [5.74, 6) is 0. The molecule has 0 radical (unpaired) electrons. The van der Waals surface area contributed by atoms with E-state index < -0.39 is 19.2 Å². The van der Waals surface area contributed by atoms with Gasteiger partial charge in [-0.25, -0.2) is 0 Å². The number of rotatable bonds is 9. The summed E-state index contributed by atoms with van der Waals surface area (Å²) in [6.07, 6.45) is 0. The summed E-state index contributed by atoms with van der Waals surface area (Å²) in [6, 6.07) is 5.99. The molecular weight excluding hydrogens is 352 g/mol. The van der Waals surface area contributed by atoms with Crippen molar-refractivity contribution >= 4 is 19.2 Å². The van der Waals surface area contributed by atoms with Crippen molar-refractivity contribution in [3.05, 3.63) is 29.8 Å². The van der Waals surface area contributed by atoms with E-state index in [0.29, 0.717) is 26.4 Å². The number of hydrogen-bond acceptors (Lipinski definition) is 6. The summed E-state index contributed by atoms with van der Waals surface area (Å²) in [7, 11) is -6.82. The average molecular weight is 381 g/mol. The van der Waals surface area contributed by atoms with Crippen molar-refractivity contribution in [1.82, 2.24) is 0 Å². The second kappa shape index (κ2) is 11.7. The minimum absolute atomic E-state index is 0.0666. The van der Waals surface area contributed by atoms with Crippen LogP contribution in [-0.2, 0) is 27.8 Å². The molecule has 1 aromatic carbocycles. The Hall–Kier alpha value is -0.813. The third-order valence-electron chi connectivity index (χ3n) is 2.60. The molecule has 0 aliphatic carbocycles. The second-order valence-electron chi connectivity index (χ2n) is 4.52. The summed E-state index contributed by atoms with van der Waals surface area (Å²) in [4.78, 5) is -0.0666. The quantitative estimate of drug-likeness (QED) is 0.520. The molecule has 0 bridgehead atoms. The normalized spacial score (nSPS) is 11.8. The lowest BCUT2D eigenvalue weighted by atomic mass is 10.2. The maximum atomic E-state index is 10.5. The predicted octanol–water partition coefficient (Wildman–Crippen LogP) is 2.81. The molecule has 140 valence electrons. The van der Waals surface area contributed by atoms with Gasteiger partial charge in [-0.1, -0.05) is 17.7 Å². The first-order chi connectivity index (χ1) is 11.2. The Bertz CT molecular complexity index is 516. The Kier molecular flexibility index (Phi) is 11.3. The van der Waals surface area contributed by atoms with Crippen LogP contribution in [0.1, 0.15) is 33.3 Å². The van der Waals surface area contributed by atoms with Crippen molar-refractivity contribution in [2.75, 3.05) is 26.4 Å². The van der Waals surface area contributed by atoms with Gasteiger partial charge in [0.15, 0.2) is 0 Å². The third kappa shape index (κ3) is 8.88. The molecule has 0 saturated heterocycles. The molecule has 0 spiro atoms. The third-order valence-corrected chi connectivity index (χ3v) is 6.04. The van der Waals surface area contributed by atoms with E-state index in [1.165, 1.54) is 12.1 Å². The van der Waals surface area contributed by atoms with Crippen molar-refractivity contribution < 1.29 is 30.7 Å². The SMILES string of the molecule is CCO[Si](OCC)(OCC)OCC.Cc1ccc(S(=O)(=O)O)cc1. The molecule has 24 heavy (non-hydrogen) atoms. The van der Waals surface area contributed by atoms with Gasteiger partial charge in [0, 0.05) is 26.4 Å². The highest BCUT2D eigenvalue weighted by atomic mass is 32.2. The molecule has 0 atom stereocenters. The fourth-order valence-corrected chi connectivity index (χ4v) is 4.06. The molecule has 0 aliphatic heterocycles. The Morgan fingerprint density at radius 1 is 0.833 bits per heavy atom. The molecule has 1 aromatic rings. The van der Waals surface area contributed by atoms with Crippen LogP contribution in [0.5, 0.6) is 0 Å². The molecule has 0 aliphatic rings. The fraction of sp³-hybridized carbons (Fsp3) is 0.600. The zero-order chi connectivity index (χ0) is 18.6. The molecule has 0 fully saturated rings. The predicted molar refractivity (Wildman–Crippen MR) is 93.3 cm³/mol. The highest BCUT2D eigenvalue weighted by molar-refractivity contribution is 7.85. The van der Waals surface area contributed by atoms with Crippen molar-refractivity contribution in [1.29, 1.82) is 0 Å². The monoisotopic (exact) mass is 380 g/mol. The maximum Gasteiger partial charge on any atom is 0.679 e. The lowest BCUT2D eigenvalue weighted by molar-refractivity contribution is -0.0247. The highest BCUT2D eigenvalue weighted by Crippen LogP contribution is 2.11. The molecule has 1 rings (SSSR count). The zero-order valence-electron chi connectivity index (χ0n) is 14.9. The van der Waals surface area contributed by atoms with Gasteiger partial charge in [-0.3, -0.25) is 4.55 Å². The van der Waals surface area contributed by atoms with E-state index in [2.05, 4.69) is 0 Å². The standard InChI is InChI=1S/C8H20O4Si.C7H8O3S/c1-5-9-13(10-6-2,11-7-3)12-8-4;1-6-2-4-7(5-3-6)11(8,9)10/h5-8H2,1-4H3;2-5H,1H3,(H,8,9,10). The fourth-order valence-electron chi connectivity index (χ4n) is 1.67. The van der Waals surface area contributed by atoms with E-state index in [1.54, 1.807) is 12.1 Å². The Labute approximate surface area is 146 Å². The zero-order valence-corrected chi connectivity index (χ0v) is 16.8. The first kappa shape index (κ1) is 23.2. The molecule has 0 unspecified atom stereocenters. The van der Waals surface area contributed by atoms with E-state index in [9.17, 15) is 8.42 Å². The molecule has 0 saturated carbocycles. The van der Waals surface area contributed by atoms with Crippen LogP contribution in [-0.4, -0.2) is 48.4 Å². The number of hydrogen-bond donors (Lipinski definition) is 1. The first-order valence-electron chi connectivity index (χ1n) is 7.84. The van der Waals surface area contributed by atoms with Gasteiger partial charge in [0.2, 0.25) is 0 Å². The molecule has 0 heterocycles. The smallest absolute Gasteiger partial charge is 0.351 e. The van der Waals surface area contributed by atoms with Gasteiger partial charge in [-0.15, -0.1) is 0 Å². The summed E-state index contributed by atoms with van der Waals surface area (Å²) < 4.78 is 51.2. The molecule has 0 aromatic heterocycles. The summed E-state index contributed by atoms with van der Waals surface area (Å²) >= 11 is 0. The lowest BCUT2D eigenvalue weighted by Gasteiger charge is -2.26. The number of aryl methyl sites for hydroxylation is 1. The van der Waals surface area contributed by atoms with Crippen LogP contribution in [0, 0.1) is 6.92 Å². The Morgan fingerprint density at radius 2 is 1.17 bits per heavy atom. The van der Waals surface area contributed by atoms with Gasteiger partial charge in [-0.2, -0.15) is 8.42 Å². The molecular formula is C15H28O7SSi. The van der Waals surface area contributed by atoms with Gasteiger partial charge in [-0.05, 0) is 46.8 Å². The van der Waals surface area contributed by atoms with E-state index in [0.717, 1.165) is 5.56 Å². The Morgan fingerprint density at radius 3 is 1.42 bits per heavy atom. The Balaban J connectivity index is 0.000000446. The van der Waals surface area contributed by atoms with E-state index in [4.69, 9.17) is 22.3 Å². The van der Waals surface area contributed by atoms with Crippen molar-refractivity contribution in [3.63, 3.8) is 0 Å². The van der Waals surface area contributed by atoms with Gasteiger partial charge in [0.05, 0.1) is 4.90 Å². The van der Waals surface area contributed by atoms with Crippen molar-refractivity contribution in [2.45, 2.75) is 39.5 Å². The summed E-state index contributed by atoms with van der Waals surface area (Å²) in [5.41, 5.74) is 0.956. The first-order valence-corrected chi connectivity index (χ1v) is 10.9. The van der Waals surface area contributed by atoms with Crippen LogP contribution in [0.2, 0.25) is 0 Å². The van der Waals surface area contributed by atoms with Crippen LogP contribution >= 0.6 is 0 Å². The van der Waals surface area contributed by atoms with Crippen molar-refractivity contribution in [2.24, 2.45) is 0 Å². The molecule has 1 N–H and O–H groups in total. The van der Waals surface area contributed by atoms with Crippen LogP contribution < -0.4 is 0 Å². The summed E-state index contributed by atoms with van der Waals surface area (Å²) in [5, 5.41) is 0. The van der Waals surface area contributed by atoms with Crippen LogP contribution in [0.15, 0.2) is 29.2 Å². The topological polar surface area (TPSA) is 91.3 Å². The highest BCUT2D eigenvalue weighted by Gasteiger charge is 2.44.